The van der Waals surface area contributed by atoms with Crippen LogP contribution in [0.25, 0.3) is 71.3 Å². The van der Waals surface area contributed by atoms with Crippen molar-refractivity contribution in [1.29, 1.82) is 0 Å². The van der Waals surface area contributed by atoms with E-state index in [4.69, 9.17) is 4.42 Å². The highest BCUT2D eigenvalue weighted by Gasteiger charge is 2.20. The molecule has 8 aromatic carbocycles. The number of nitrogens with zero attached hydrogens (tertiary/aromatic N) is 2. The van der Waals surface area contributed by atoms with Gasteiger partial charge in [0.2, 0.25) is 0 Å². The molecule has 0 atom stereocenters. The minimum absolute atomic E-state index is 0.855. The van der Waals surface area contributed by atoms with Crippen molar-refractivity contribution >= 4 is 71.6 Å². The molecule has 0 bridgehead atoms. The van der Waals surface area contributed by atoms with Gasteiger partial charge in [-0.15, -0.1) is 0 Å². The topological polar surface area (TPSA) is 21.3 Å². The molecular weight excluding hydrogens is 597 g/mol. The highest BCUT2D eigenvalue weighted by Crippen LogP contribution is 2.42. The molecule has 0 N–H and O–H groups in total. The van der Waals surface area contributed by atoms with Crippen LogP contribution in [0.3, 0.4) is 0 Å². The van der Waals surface area contributed by atoms with Gasteiger partial charge in [-0.3, -0.25) is 0 Å². The van der Waals surface area contributed by atoms with Gasteiger partial charge in [-0.25, -0.2) is 0 Å². The summed E-state index contributed by atoms with van der Waals surface area (Å²) in [6.45, 7) is 0. The van der Waals surface area contributed by atoms with E-state index < -0.39 is 0 Å². The molecule has 0 fully saturated rings. The molecule has 49 heavy (non-hydrogen) atoms. The van der Waals surface area contributed by atoms with E-state index >= 15 is 0 Å². The van der Waals surface area contributed by atoms with Crippen LogP contribution < -0.4 is 4.90 Å². The van der Waals surface area contributed by atoms with E-state index in [1.54, 1.807) is 0 Å². The molecule has 0 saturated carbocycles. The van der Waals surface area contributed by atoms with Gasteiger partial charge in [-0.05, 0) is 82.6 Å². The third kappa shape index (κ3) is 4.44. The monoisotopic (exact) mass is 626 g/mol. The summed E-state index contributed by atoms with van der Waals surface area (Å²) >= 11 is 0. The summed E-state index contributed by atoms with van der Waals surface area (Å²) in [7, 11) is 0. The van der Waals surface area contributed by atoms with Gasteiger partial charge in [-0.2, -0.15) is 0 Å². The lowest BCUT2D eigenvalue weighted by atomic mass is 10.0. The van der Waals surface area contributed by atoms with Crippen LogP contribution in [0.1, 0.15) is 0 Å². The van der Waals surface area contributed by atoms with Crippen LogP contribution in [0.2, 0.25) is 0 Å². The minimum atomic E-state index is 0.855. The van der Waals surface area contributed by atoms with Crippen molar-refractivity contribution in [3.63, 3.8) is 0 Å². The molecule has 2 heterocycles. The standard InChI is InChI=1S/C46H30N2O/c1-3-12-31(13-4-1)32-22-24-36(25-23-32)47(35-16-5-2-6-17-35)37-26-27-39-40-19-11-21-43(46(40)49-45(39)30-37)48-42-20-10-9-18-38(42)41-28-33-14-7-8-15-34(33)29-44(41)48/h1-30H. The maximum Gasteiger partial charge on any atom is 0.159 e. The summed E-state index contributed by atoms with van der Waals surface area (Å²) in [5.41, 5.74) is 10.7. The van der Waals surface area contributed by atoms with E-state index in [1.807, 2.05) is 0 Å². The largest absolute Gasteiger partial charge is 0.454 e. The van der Waals surface area contributed by atoms with Crippen molar-refractivity contribution in [3.05, 3.63) is 182 Å². The van der Waals surface area contributed by atoms with Crippen LogP contribution in [0.5, 0.6) is 0 Å². The second-order valence-electron chi connectivity index (χ2n) is 12.6. The van der Waals surface area contributed by atoms with Crippen LogP contribution in [0.15, 0.2) is 186 Å². The van der Waals surface area contributed by atoms with Gasteiger partial charge in [0.25, 0.3) is 0 Å². The van der Waals surface area contributed by atoms with E-state index in [0.717, 1.165) is 50.2 Å². The first kappa shape index (κ1) is 27.5. The highest BCUT2D eigenvalue weighted by molar-refractivity contribution is 6.15. The molecule has 3 heteroatoms. The van der Waals surface area contributed by atoms with Gasteiger partial charge < -0.3 is 13.9 Å². The number of hydrogen-bond donors (Lipinski definition) is 0. The van der Waals surface area contributed by atoms with Crippen molar-refractivity contribution in [2.45, 2.75) is 0 Å². The number of benzene rings is 8. The first-order valence-corrected chi connectivity index (χ1v) is 16.7. The van der Waals surface area contributed by atoms with E-state index in [9.17, 15) is 0 Å². The Morgan fingerprint density at radius 2 is 1.02 bits per heavy atom. The van der Waals surface area contributed by atoms with Crippen LogP contribution >= 0.6 is 0 Å². The van der Waals surface area contributed by atoms with Crippen LogP contribution in [-0.2, 0) is 0 Å². The number of rotatable bonds is 5. The van der Waals surface area contributed by atoms with E-state index in [1.165, 1.54) is 38.2 Å². The van der Waals surface area contributed by atoms with Crippen molar-refractivity contribution < 1.29 is 4.42 Å². The summed E-state index contributed by atoms with van der Waals surface area (Å²) < 4.78 is 9.25. The third-order valence-corrected chi connectivity index (χ3v) is 9.75. The maximum atomic E-state index is 6.88. The molecule has 0 aliphatic heterocycles. The van der Waals surface area contributed by atoms with Gasteiger partial charge >= 0.3 is 0 Å². The molecule has 0 aliphatic carbocycles. The second-order valence-corrected chi connectivity index (χ2v) is 12.6. The van der Waals surface area contributed by atoms with Crippen molar-refractivity contribution in [2.75, 3.05) is 4.90 Å². The predicted octanol–water partition coefficient (Wildman–Crippen LogP) is 13.0. The molecule has 0 radical (unpaired) electrons. The van der Waals surface area contributed by atoms with Crippen LogP contribution in [0.4, 0.5) is 17.1 Å². The molecule has 0 saturated heterocycles. The average molecular weight is 627 g/mol. The molecule has 3 nitrogen and oxygen atoms in total. The number of furan rings is 1. The molecule has 0 spiro atoms. The van der Waals surface area contributed by atoms with Gasteiger partial charge in [0.15, 0.2) is 5.58 Å². The minimum Gasteiger partial charge on any atom is -0.454 e. The zero-order chi connectivity index (χ0) is 32.3. The summed E-state index contributed by atoms with van der Waals surface area (Å²) in [5.74, 6) is 0. The average Bonchev–Trinajstić information content (AvgIpc) is 3.70. The first-order valence-electron chi connectivity index (χ1n) is 16.7. The molecule has 0 aliphatic rings. The summed E-state index contributed by atoms with van der Waals surface area (Å²) in [5, 5.41) is 7.13. The quantitative estimate of drug-likeness (QED) is 0.190. The lowest BCUT2D eigenvalue weighted by molar-refractivity contribution is 0.666. The molecule has 10 rings (SSSR count). The Hall–Kier alpha value is -6.58. The Kier molecular flexibility index (Phi) is 6.18. The van der Waals surface area contributed by atoms with Gasteiger partial charge in [-0.1, -0.05) is 115 Å². The SMILES string of the molecule is c1ccc(-c2ccc(N(c3ccccc3)c3ccc4c(c3)oc3c(-n5c6ccccc6c6cc7ccccc7cc65)cccc34)cc2)cc1. The zero-order valence-electron chi connectivity index (χ0n) is 26.6. The molecular formula is C46H30N2O. The molecule has 10 aromatic rings. The van der Waals surface area contributed by atoms with Gasteiger partial charge in [0, 0.05) is 44.7 Å². The van der Waals surface area contributed by atoms with E-state index in [2.05, 4.69) is 191 Å². The van der Waals surface area contributed by atoms with Crippen LogP contribution in [0, 0.1) is 0 Å². The summed E-state index contributed by atoms with van der Waals surface area (Å²) in [6, 6.07) is 64.8. The summed E-state index contributed by atoms with van der Waals surface area (Å²) in [4.78, 5) is 2.29. The Morgan fingerprint density at radius 1 is 0.388 bits per heavy atom. The lowest BCUT2D eigenvalue weighted by Gasteiger charge is -2.25. The first-order chi connectivity index (χ1) is 24.3. The van der Waals surface area contributed by atoms with Crippen molar-refractivity contribution in [2.24, 2.45) is 0 Å². The molecule has 0 amide bonds. The van der Waals surface area contributed by atoms with Crippen molar-refractivity contribution in [1.82, 2.24) is 4.57 Å². The predicted molar refractivity (Wildman–Crippen MR) is 206 cm³/mol. The van der Waals surface area contributed by atoms with E-state index in [0.29, 0.717) is 0 Å². The van der Waals surface area contributed by atoms with E-state index in [-0.39, 0.29) is 0 Å². The normalized spacial score (nSPS) is 11.7. The van der Waals surface area contributed by atoms with Crippen LogP contribution in [-0.4, -0.2) is 4.57 Å². The smallest absolute Gasteiger partial charge is 0.159 e. The number of hydrogen-bond acceptors (Lipinski definition) is 2. The number of anilines is 3. The molecule has 2 aromatic heterocycles. The van der Waals surface area contributed by atoms with Gasteiger partial charge in [0.1, 0.15) is 5.58 Å². The Morgan fingerprint density at radius 3 is 1.84 bits per heavy atom. The van der Waals surface area contributed by atoms with Gasteiger partial charge in [0.05, 0.1) is 16.7 Å². The van der Waals surface area contributed by atoms with Crippen molar-refractivity contribution in [3.8, 4) is 16.8 Å². The maximum absolute atomic E-state index is 6.88. The molecule has 0 unspecified atom stereocenters. The number of fused-ring (bicyclic) bond motifs is 7. The number of aromatic nitrogens is 1. The Balaban J connectivity index is 1.15. The summed E-state index contributed by atoms with van der Waals surface area (Å²) in [6.07, 6.45) is 0. The molecule has 230 valence electrons. The highest BCUT2D eigenvalue weighted by atomic mass is 16.3. The fourth-order valence-electron chi connectivity index (χ4n) is 7.46. The fraction of sp³-hybridized carbons (Fsp3) is 0. The lowest BCUT2D eigenvalue weighted by Crippen LogP contribution is -2.09. The zero-order valence-corrected chi connectivity index (χ0v) is 26.6. The third-order valence-electron chi connectivity index (χ3n) is 9.75. The fourth-order valence-corrected chi connectivity index (χ4v) is 7.46. The number of para-hydroxylation sites is 3. The Labute approximate surface area is 283 Å². The second kappa shape index (κ2) is 11.0. The Bertz CT molecular complexity index is 2810.